The monoisotopic (exact) mass is 281 g/mol. The molecule has 0 radical (unpaired) electrons. The number of aromatic amines is 1. The molecule has 0 saturated carbocycles. The van der Waals surface area contributed by atoms with Gasteiger partial charge in [0.15, 0.2) is 0 Å². The normalized spacial score (nSPS) is 10.1. The first-order chi connectivity index (χ1) is 7.66. The molecule has 82 valence electrons. The average Bonchev–Trinajstić information content (AvgIpc) is 2.75. The van der Waals surface area contributed by atoms with Crippen molar-refractivity contribution in [2.45, 2.75) is 0 Å². The standard InChI is InChI=1S/C9H8BrN5O/c10-7-1-6(11)4-12-8(7)15-9(16)5-2-13-14-3-5/h1-4H,11H2,(H,13,14)(H,12,15,16). The molecule has 6 nitrogen and oxygen atoms in total. The quantitative estimate of drug-likeness (QED) is 0.775. The van der Waals surface area contributed by atoms with Crippen LogP contribution in [-0.2, 0) is 0 Å². The van der Waals surface area contributed by atoms with Gasteiger partial charge in [0, 0.05) is 6.20 Å². The van der Waals surface area contributed by atoms with Gasteiger partial charge in [-0.05, 0) is 22.0 Å². The summed E-state index contributed by atoms with van der Waals surface area (Å²) in [6.45, 7) is 0. The molecule has 0 aromatic carbocycles. The van der Waals surface area contributed by atoms with Gasteiger partial charge in [-0.1, -0.05) is 0 Å². The summed E-state index contributed by atoms with van der Waals surface area (Å²) in [5, 5.41) is 8.87. The predicted molar refractivity (Wildman–Crippen MR) is 62.9 cm³/mol. The topological polar surface area (TPSA) is 96.7 Å². The third-order valence-corrected chi connectivity index (χ3v) is 2.46. The number of nitrogens with zero attached hydrogens (tertiary/aromatic N) is 2. The molecule has 1 amide bonds. The molecule has 0 atom stereocenters. The van der Waals surface area contributed by atoms with E-state index in [-0.39, 0.29) is 5.91 Å². The zero-order valence-electron chi connectivity index (χ0n) is 8.07. The van der Waals surface area contributed by atoms with E-state index in [1.54, 1.807) is 6.07 Å². The van der Waals surface area contributed by atoms with E-state index in [0.717, 1.165) is 0 Å². The van der Waals surface area contributed by atoms with Crippen molar-refractivity contribution in [1.29, 1.82) is 0 Å². The molecular weight excluding hydrogens is 274 g/mol. The zero-order valence-corrected chi connectivity index (χ0v) is 9.65. The molecule has 2 heterocycles. The lowest BCUT2D eigenvalue weighted by molar-refractivity contribution is 0.102. The fourth-order valence-electron chi connectivity index (χ4n) is 1.10. The number of nitrogens with two attached hydrogens (primary N) is 1. The van der Waals surface area contributed by atoms with Crippen LogP contribution in [-0.4, -0.2) is 21.1 Å². The first kappa shape index (κ1) is 10.6. The van der Waals surface area contributed by atoms with Crippen LogP contribution < -0.4 is 11.1 Å². The number of rotatable bonds is 2. The lowest BCUT2D eigenvalue weighted by Gasteiger charge is -2.05. The Morgan fingerprint density at radius 2 is 2.31 bits per heavy atom. The smallest absolute Gasteiger partial charge is 0.260 e. The van der Waals surface area contributed by atoms with Gasteiger partial charge in [0.2, 0.25) is 0 Å². The second-order valence-electron chi connectivity index (χ2n) is 3.04. The zero-order chi connectivity index (χ0) is 11.5. The van der Waals surface area contributed by atoms with Crippen LogP contribution in [0.15, 0.2) is 29.1 Å². The highest BCUT2D eigenvalue weighted by atomic mass is 79.9. The number of hydrogen-bond acceptors (Lipinski definition) is 4. The van der Waals surface area contributed by atoms with Gasteiger partial charge in [-0.15, -0.1) is 0 Å². The molecule has 0 aliphatic carbocycles. The number of pyridine rings is 1. The molecule has 0 saturated heterocycles. The number of amides is 1. The van der Waals surface area contributed by atoms with Crippen molar-refractivity contribution in [2.75, 3.05) is 11.1 Å². The fourth-order valence-corrected chi connectivity index (χ4v) is 1.57. The van der Waals surface area contributed by atoms with E-state index in [2.05, 4.69) is 36.4 Å². The highest BCUT2D eigenvalue weighted by molar-refractivity contribution is 9.10. The van der Waals surface area contributed by atoms with Crippen LogP contribution in [0.3, 0.4) is 0 Å². The molecule has 2 aromatic rings. The van der Waals surface area contributed by atoms with Gasteiger partial charge in [-0.2, -0.15) is 5.10 Å². The van der Waals surface area contributed by atoms with Crippen LogP contribution in [0.1, 0.15) is 10.4 Å². The minimum atomic E-state index is -0.285. The second kappa shape index (κ2) is 4.31. The van der Waals surface area contributed by atoms with Crippen LogP contribution in [0.2, 0.25) is 0 Å². The summed E-state index contributed by atoms with van der Waals surface area (Å²) in [7, 11) is 0. The maximum atomic E-state index is 11.6. The van der Waals surface area contributed by atoms with E-state index in [1.165, 1.54) is 18.6 Å². The van der Waals surface area contributed by atoms with Gasteiger partial charge < -0.3 is 11.1 Å². The molecule has 0 aliphatic heterocycles. The Morgan fingerprint density at radius 1 is 1.50 bits per heavy atom. The van der Waals surface area contributed by atoms with E-state index in [0.29, 0.717) is 21.5 Å². The number of carbonyl (C=O) groups is 1. The molecule has 4 N–H and O–H groups in total. The molecule has 0 fully saturated rings. The Bertz CT molecular complexity index is 511. The molecule has 7 heteroatoms. The van der Waals surface area contributed by atoms with Gasteiger partial charge in [0.1, 0.15) is 5.82 Å². The second-order valence-corrected chi connectivity index (χ2v) is 3.89. The number of halogens is 1. The number of H-pyrrole nitrogens is 1. The molecule has 0 aliphatic rings. The van der Waals surface area contributed by atoms with Gasteiger partial charge in [0.25, 0.3) is 5.91 Å². The van der Waals surface area contributed by atoms with Crippen LogP contribution in [0.5, 0.6) is 0 Å². The highest BCUT2D eigenvalue weighted by Crippen LogP contribution is 2.22. The molecule has 2 rings (SSSR count). The largest absolute Gasteiger partial charge is 0.397 e. The average molecular weight is 282 g/mol. The SMILES string of the molecule is Nc1cnc(NC(=O)c2cn[nH]c2)c(Br)c1. The number of nitrogen functional groups attached to an aromatic ring is 1. The van der Waals surface area contributed by atoms with Crippen molar-refractivity contribution in [2.24, 2.45) is 0 Å². The predicted octanol–water partition coefficient (Wildman–Crippen LogP) is 1.40. The number of carbonyl (C=O) groups excluding carboxylic acids is 1. The van der Waals surface area contributed by atoms with Crippen molar-refractivity contribution >= 4 is 33.3 Å². The lowest BCUT2D eigenvalue weighted by atomic mass is 10.3. The summed E-state index contributed by atoms with van der Waals surface area (Å²) in [4.78, 5) is 15.6. The van der Waals surface area contributed by atoms with Crippen molar-refractivity contribution < 1.29 is 4.79 Å². The Hall–Kier alpha value is -1.89. The Balaban J connectivity index is 2.18. The first-order valence-corrected chi connectivity index (χ1v) is 5.17. The number of aromatic nitrogens is 3. The van der Waals surface area contributed by atoms with E-state index in [9.17, 15) is 4.79 Å². The summed E-state index contributed by atoms with van der Waals surface area (Å²) < 4.78 is 0.629. The number of anilines is 2. The summed E-state index contributed by atoms with van der Waals surface area (Å²) in [5.74, 6) is 0.132. The molecule has 2 aromatic heterocycles. The van der Waals surface area contributed by atoms with Crippen molar-refractivity contribution in [3.63, 3.8) is 0 Å². The van der Waals surface area contributed by atoms with Crippen LogP contribution in [0.4, 0.5) is 11.5 Å². The van der Waals surface area contributed by atoms with Gasteiger partial charge in [-0.25, -0.2) is 4.98 Å². The number of nitrogens with one attached hydrogen (secondary N) is 2. The number of hydrogen-bond donors (Lipinski definition) is 3. The van der Waals surface area contributed by atoms with Crippen LogP contribution in [0, 0.1) is 0 Å². The third kappa shape index (κ3) is 2.19. The molecule has 0 unspecified atom stereocenters. The maximum absolute atomic E-state index is 11.6. The maximum Gasteiger partial charge on any atom is 0.260 e. The Morgan fingerprint density at radius 3 is 2.94 bits per heavy atom. The molecule has 16 heavy (non-hydrogen) atoms. The Labute approximate surface area is 99.4 Å². The van der Waals surface area contributed by atoms with Crippen molar-refractivity contribution in [1.82, 2.24) is 15.2 Å². The van der Waals surface area contributed by atoms with Crippen LogP contribution >= 0.6 is 15.9 Å². The van der Waals surface area contributed by atoms with E-state index in [1.807, 2.05) is 0 Å². The molecule has 0 spiro atoms. The minimum Gasteiger partial charge on any atom is -0.397 e. The van der Waals surface area contributed by atoms with Gasteiger partial charge in [0.05, 0.1) is 28.1 Å². The highest BCUT2D eigenvalue weighted by Gasteiger charge is 2.10. The van der Waals surface area contributed by atoms with Crippen molar-refractivity contribution in [3.8, 4) is 0 Å². The van der Waals surface area contributed by atoms with Crippen molar-refractivity contribution in [3.05, 3.63) is 34.7 Å². The molecule has 0 bridgehead atoms. The third-order valence-electron chi connectivity index (χ3n) is 1.85. The van der Waals surface area contributed by atoms with E-state index < -0.39 is 0 Å². The summed E-state index contributed by atoms with van der Waals surface area (Å²) >= 11 is 3.26. The summed E-state index contributed by atoms with van der Waals surface area (Å²) in [6.07, 6.45) is 4.40. The van der Waals surface area contributed by atoms with E-state index >= 15 is 0 Å². The van der Waals surface area contributed by atoms with E-state index in [4.69, 9.17) is 5.73 Å². The molecular formula is C9H8BrN5O. The van der Waals surface area contributed by atoms with Gasteiger partial charge in [-0.3, -0.25) is 9.89 Å². The van der Waals surface area contributed by atoms with Crippen LogP contribution in [0.25, 0.3) is 0 Å². The first-order valence-electron chi connectivity index (χ1n) is 4.38. The fraction of sp³-hybridized carbons (Fsp3) is 0. The lowest BCUT2D eigenvalue weighted by Crippen LogP contribution is -2.12. The summed E-state index contributed by atoms with van der Waals surface area (Å²) in [5.41, 5.74) is 6.49. The summed E-state index contributed by atoms with van der Waals surface area (Å²) in [6, 6.07) is 1.66. The van der Waals surface area contributed by atoms with Gasteiger partial charge >= 0.3 is 0 Å². The minimum absolute atomic E-state index is 0.285. The Kier molecular flexibility index (Phi) is 2.86.